The highest BCUT2D eigenvalue weighted by molar-refractivity contribution is 14.0. The normalized spacial score (nSPS) is 16.1. The number of carbonyl (C=O) groups excluding carboxylic acids is 1. The second-order valence-corrected chi connectivity index (χ2v) is 6.86. The Labute approximate surface area is 171 Å². The summed E-state index contributed by atoms with van der Waals surface area (Å²) >= 11 is 0. The second kappa shape index (κ2) is 13.6. The van der Waals surface area contributed by atoms with Gasteiger partial charge in [-0.2, -0.15) is 0 Å². The quantitative estimate of drug-likeness (QED) is 0.326. The molecule has 0 aromatic carbocycles. The molecule has 6 nitrogen and oxygen atoms in total. The van der Waals surface area contributed by atoms with Crippen molar-refractivity contribution in [1.82, 2.24) is 20.4 Å². The van der Waals surface area contributed by atoms with E-state index in [2.05, 4.69) is 41.2 Å². The fraction of sp³-hybridized carbons (Fsp3) is 0.889. The highest BCUT2D eigenvalue weighted by Crippen LogP contribution is 2.09. The molecule has 1 fully saturated rings. The maximum atomic E-state index is 11.9. The zero-order valence-electron chi connectivity index (χ0n) is 16.7. The van der Waals surface area contributed by atoms with Gasteiger partial charge in [-0.05, 0) is 26.7 Å². The number of amides is 1. The highest BCUT2D eigenvalue weighted by Gasteiger charge is 2.21. The number of rotatable bonds is 8. The Bertz CT molecular complexity index is 391. The van der Waals surface area contributed by atoms with E-state index in [1.165, 1.54) is 12.8 Å². The first-order chi connectivity index (χ1) is 11.5. The first kappa shape index (κ1) is 24.4. The van der Waals surface area contributed by atoms with Crippen molar-refractivity contribution in [3.63, 3.8) is 0 Å². The molecule has 1 saturated heterocycles. The zero-order valence-corrected chi connectivity index (χ0v) is 19.0. The summed E-state index contributed by atoms with van der Waals surface area (Å²) in [6.07, 6.45) is 2.36. The average Bonchev–Trinajstić information content (AvgIpc) is 2.54. The third-order valence-electron chi connectivity index (χ3n) is 4.48. The van der Waals surface area contributed by atoms with Crippen molar-refractivity contribution >= 4 is 35.8 Å². The van der Waals surface area contributed by atoms with Crippen molar-refractivity contribution in [3.8, 4) is 0 Å². The van der Waals surface area contributed by atoms with Gasteiger partial charge in [0.25, 0.3) is 0 Å². The summed E-state index contributed by atoms with van der Waals surface area (Å²) in [6.45, 7) is 16.5. The van der Waals surface area contributed by atoms with Crippen molar-refractivity contribution in [3.05, 3.63) is 0 Å². The lowest BCUT2D eigenvalue weighted by atomic mass is 10.0. The Morgan fingerprint density at radius 3 is 2.16 bits per heavy atom. The minimum absolute atomic E-state index is 0. The number of nitrogens with one attached hydrogen (secondary N) is 2. The third kappa shape index (κ3) is 9.63. The van der Waals surface area contributed by atoms with Crippen LogP contribution in [0.3, 0.4) is 0 Å². The van der Waals surface area contributed by atoms with Crippen molar-refractivity contribution < 1.29 is 4.79 Å². The van der Waals surface area contributed by atoms with E-state index in [0.717, 1.165) is 45.2 Å². The van der Waals surface area contributed by atoms with Gasteiger partial charge in [-0.15, -0.1) is 24.0 Å². The maximum absolute atomic E-state index is 11.9. The lowest BCUT2D eigenvalue weighted by molar-refractivity contribution is -0.123. The first-order valence-corrected chi connectivity index (χ1v) is 9.55. The summed E-state index contributed by atoms with van der Waals surface area (Å²) in [5.41, 5.74) is 0. The molecule has 1 aliphatic rings. The van der Waals surface area contributed by atoms with Gasteiger partial charge in [0.2, 0.25) is 5.91 Å². The molecule has 7 heteroatoms. The Morgan fingerprint density at radius 1 is 1.08 bits per heavy atom. The van der Waals surface area contributed by atoms with E-state index in [9.17, 15) is 4.79 Å². The molecule has 1 heterocycles. The molecule has 0 aliphatic carbocycles. The number of nitrogens with zero attached hydrogens (tertiary/aromatic N) is 3. The number of halogens is 1. The van der Waals surface area contributed by atoms with E-state index in [-0.39, 0.29) is 35.9 Å². The van der Waals surface area contributed by atoms with Crippen LogP contribution in [0.2, 0.25) is 0 Å². The monoisotopic (exact) mass is 467 g/mol. The van der Waals surface area contributed by atoms with Gasteiger partial charge in [-0.1, -0.05) is 26.7 Å². The number of hydrogen-bond acceptors (Lipinski definition) is 3. The van der Waals surface area contributed by atoms with E-state index in [0.29, 0.717) is 12.5 Å². The molecule has 25 heavy (non-hydrogen) atoms. The Balaban J connectivity index is 0.00000576. The SMILES string of the molecule is CCNC(=NCC(CC)CC)N1CCN(CC(=O)NC(C)C)CC1.I. The van der Waals surface area contributed by atoms with Gasteiger partial charge in [0.15, 0.2) is 5.96 Å². The van der Waals surface area contributed by atoms with Crippen LogP contribution >= 0.6 is 24.0 Å². The molecule has 2 N–H and O–H groups in total. The van der Waals surface area contributed by atoms with Gasteiger partial charge < -0.3 is 15.5 Å². The van der Waals surface area contributed by atoms with Crippen molar-refractivity contribution in [2.45, 2.75) is 53.5 Å². The van der Waals surface area contributed by atoms with Gasteiger partial charge in [-0.3, -0.25) is 14.7 Å². The summed E-state index contributed by atoms with van der Waals surface area (Å²) in [6, 6.07) is 0.205. The zero-order chi connectivity index (χ0) is 17.9. The number of aliphatic imine (C=N–C) groups is 1. The van der Waals surface area contributed by atoms with E-state index in [4.69, 9.17) is 4.99 Å². The fourth-order valence-corrected chi connectivity index (χ4v) is 2.88. The van der Waals surface area contributed by atoms with Crippen LogP contribution in [-0.4, -0.2) is 73.5 Å². The summed E-state index contributed by atoms with van der Waals surface area (Å²) in [5, 5.41) is 6.38. The smallest absolute Gasteiger partial charge is 0.234 e. The predicted octanol–water partition coefficient (Wildman–Crippen LogP) is 2.15. The molecule has 0 bridgehead atoms. The molecule has 0 saturated carbocycles. The van der Waals surface area contributed by atoms with Gasteiger partial charge in [0, 0.05) is 45.3 Å². The minimum atomic E-state index is 0. The Kier molecular flexibility index (Phi) is 13.3. The van der Waals surface area contributed by atoms with Crippen LogP contribution in [0.15, 0.2) is 4.99 Å². The van der Waals surface area contributed by atoms with E-state index >= 15 is 0 Å². The molecule has 1 amide bonds. The molecule has 0 aromatic rings. The molecular weight excluding hydrogens is 429 g/mol. The average molecular weight is 467 g/mol. The van der Waals surface area contributed by atoms with Crippen LogP contribution in [0.25, 0.3) is 0 Å². The molecule has 0 radical (unpaired) electrons. The van der Waals surface area contributed by atoms with Crippen molar-refractivity contribution in [2.24, 2.45) is 10.9 Å². The second-order valence-electron chi connectivity index (χ2n) is 6.86. The van der Waals surface area contributed by atoms with E-state index in [1.807, 2.05) is 13.8 Å². The van der Waals surface area contributed by atoms with E-state index in [1.54, 1.807) is 0 Å². The molecule has 0 unspecified atom stereocenters. The molecule has 1 rings (SSSR count). The summed E-state index contributed by atoms with van der Waals surface area (Å²) in [7, 11) is 0. The Morgan fingerprint density at radius 2 is 1.68 bits per heavy atom. The summed E-state index contributed by atoms with van der Waals surface area (Å²) in [4.78, 5) is 21.3. The van der Waals surface area contributed by atoms with Crippen LogP contribution in [-0.2, 0) is 4.79 Å². The predicted molar refractivity (Wildman–Crippen MR) is 117 cm³/mol. The molecule has 148 valence electrons. The van der Waals surface area contributed by atoms with Crippen LogP contribution in [0, 0.1) is 5.92 Å². The van der Waals surface area contributed by atoms with Gasteiger partial charge >= 0.3 is 0 Å². The first-order valence-electron chi connectivity index (χ1n) is 9.55. The van der Waals surface area contributed by atoms with Crippen LogP contribution < -0.4 is 10.6 Å². The van der Waals surface area contributed by atoms with Gasteiger partial charge in [0.1, 0.15) is 0 Å². The fourth-order valence-electron chi connectivity index (χ4n) is 2.88. The van der Waals surface area contributed by atoms with Gasteiger partial charge in [0.05, 0.1) is 6.54 Å². The Hall–Kier alpha value is -0.570. The molecule has 0 aromatic heterocycles. The topological polar surface area (TPSA) is 60.0 Å². The van der Waals surface area contributed by atoms with Crippen LogP contribution in [0.4, 0.5) is 0 Å². The number of guanidine groups is 1. The van der Waals surface area contributed by atoms with Crippen molar-refractivity contribution in [1.29, 1.82) is 0 Å². The molecule has 1 aliphatic heterocycles. The maximum Gasteiger partial charge on any atom is 0.234 e. The third-order valence-corrected chi connectivity index (χ3v) is 4.48. The van der Waals surface area contributed by atoms with Gasteiger partial charge in [-0.25, -0.2) is 0 Å². The summed E-state index contributed by atoms with van der Waals surface area (Å²) in [5.74, 6) is 1.81. The minimum Gasteiger partial charge on any atom is -0.357 e. The molecule has 0 atom stereocenters. The summed E-state index contributed by atoms with van der Waals surface area (Å²) < 4.78 is 0. The molecule has 0 spiro atoms. The van der Waals surface area contributed by atoms with Crippen LogP contribution in [0.1, 0.15) is 47.5 Å². The molecular formula is C18H38IN5O. The van der Waals surface area contributed by atoms with E-state index < -0.39 is 0 Å². The van der Waals surface area contributed by atoms with Crippen molar-refractivity contribution in [2.75, 3.05) is 45.8 Å². The van der Waals surface area contributed by atoms with Crippen LogP contribution in [0.5, 0.6) is 0 Å². The lowest BCUT2D eigenvalue weighted by Gasteiger charge is -2.36. The lowest BCUT2D eigenvalue weighted by Crippen LogP contribution is -2.54. The largest absolute Gasteiger partial charge is 0.357 e. The standard InChI is InChI=1S/C18H37N5O.HI/c1-6-16(7-2)13-20-18(19-8-3)23-11-9-22(10-12-23)14-17(24)21-15(4)5;/h15-16H,6-14H2,1-5H3,(H,19,20)(H,21,24);1H. The highest BCUT2D eigenvalue weighted by atomic mass is 127. The number of hydrogen-bond donors (Lipinski definition) is 2. The number of piperazine rings is 1. The number of carbonyl (C=O) groups is 1.